The van der Waals surface area contributed by atoms with E-state index in [2.05, 4.69) is 41.3 Å². The van der Waals surface area contributed by atoms with Gasteiger partial charge in [0.05, 0.1) is 0 Å². The highest BCUT2D eigenvalue weighted by molar-refractivity contribution is 14.1. The minimum atomic E-state index is 0.570. The second-order valence-corrected chi connectivity index (χ2v) is 3.76. The van der Waals surface area contributed by atoms with Gasteiger partial charge in [-0.25, -0.2) is 0 Å². The van der Waals surface area contributed by atoms with Gasteiger partial charge in [-0.05, 0) is 40.2 Å². The van der Waals surface area contributed by atoms with Crippen molar-refractivity contribution in [2.45, 2.75) is 0 Å². The summed E-state index contributed by atoms with van der Waals surface area (Å²) in [4.78, 5) is 0. The minimum absolute atomic E-state index is 0.570. The van der Waals surface area contributed by atoms with Gasteiger partial charge in [-0.1, -0.05) is 18.7 Å². The van der Waals surface area contributed by atoms with Gasteiger partial charge in [0.25, 0.3) is 0 Å². The van der Waals surface area contributed by atoms with Gasteiger partial charge >= 0.3 is 0 Å². The second kappa shape index (κ2) is 4.55. The molecule has 0 spiro atoms. The Morgan fingerprint density at radius 2 is 2.33 bits per heavy atom. The lowest BCUT2D eigenvalue weighted by atomic mass is 9.95. The lowest BCUT2D eigenvalue weighted by molar-refractivity contribution is 0.366. The number of hydrogen-bond acceptors (Lipinski definition) is 1. The zero-order chi connectivity index (χ0) is 8.97. The molecule has 3 heteroatoms. The summed E-state index contributed by atoms with van der Waals surface area (Å²) in [5.41, 5.74) is 1.16. The third-order valence-electron chi connectivity index (χ3n) is 1.51. The molecule has 0 aliphatic heterocycles. The summed E-state index contributed by atoms with van der Waals surface area (Å²) in [5.74, 6) is 0.946. The highest BCUT2D eigenvalue weighted by atomic mass is 127. The van der Waals surface area contributed by atoms with Crippen LogP contribution in [0.5, 0.6) is 5.75 Å². The van der Waals surface area contributed by atoms with E-state index in [0.717, 1.165) is 11.2 Å². The van der Waals surface area contributed by atoms with Crippen molar-refractivity contribution in [3.05, 3.63) is 34.4 Å². The van der Waals surface area contributed by atoms with Crippen LogP contribution in [-0.4, -0.2) is 14.5 Å². The van der Waals surface area contributed by atoms with Gasteiger partial charge in [0, 0.05) is 3.57 Å². The molecule has 1 nitrogen and oxygen atoms in total. The fraction of sp³-hybridized carbons (Fsp3) is 0.111. The molecule has 0 aromatic heterocycles. The van der Waals surface area contributed by atoms with E-state index in [1.54, 1.807) is 6.08 Å². The standard InChI is InChI=1S/C9H10BIO/c1-2-5-12-9-6-7(11)3-4-8(9)10/h2-4,6H,1,5,10H2. The van der Waals surface area contributed by atoms with E-state index in [4.69, 9.17) is 4.74 Å². The molecule has 0 aliphatic carbocycles. The molecule has 0 aliphatic rings. The molecule has 1 aromatic carbocycles. The molecule has 0 atom stereocenters. The molecule has 0 saturated heterocycles. The van der Waals surface area contributed by atoms with Gasteiger partial charge in [0.1, 0.15) is 20.2 Å². The predicted octanol–water partition coefficient (Wildman–Crippen LogP) is 1.11. The largest absolute Gasteiger partial charge is 0.490 e. The van der Waals surface area contributed by atoms with Gasteiger partial charge in [-0.15, -0.1) is 0 Å². The van der Waals surface area contributed by atoms with E-state index in [1.165, 1.54) is 3.57 Å². The van der Waals surface area contributed by atoms with Crippen molar-refractivity contribution in [3.63, 3.8) is 0 Å². The summed E-state index contributed by atoms with van der Waals surface area (Å²) < 4.78 is 6.64. The Hall–Kier alpha value is -0.445. The van der Waals surface area contributed by atoms with Crippen molar-refractivity contribution in [2.75, 3.05) is 6.61 Å². The van der Waals surface area contributed by atoms with Crippen molar-refractivity contribution < 1.29 is 4.74 Å². The van der Waals surface area contributed by atoms with Crippen LogP contribution in [0.2, 0.25) is 0 Å². The summed E-state index contributed by atoms with van der Waals surface area (Å²) >= 11 is 2.27. The number of ether oxygens (including phenoxy) is 1. The van der Waals surface area contributed by atoms with Gasteiger partial charge in [-0.3, -0.25) is 0 Å². The number of halogens is 1. The third-order valence-corrected chi connectivity index (χ3v) is 2.18. The van der Waals surface area contributed by atoms with E-state index < -0.39 is 0 Å². The maximum atomic E-state index is 5.44. The third kappa shape index (κ3) is 2.55. The maximum Gasteiger partial charge on any atom is 0.144 e. The smallest absolute Gasteiger partial charge is 0.144 e. The van der Waals surface area contributed by atoms with Crippen molar-refractivity contribution in [3.8, 4) is 5.75 Å². The van der Waals surface area contributed by atoms with Crippen LogP contribution in [0.15, 0.2) is 30.9 Å². The van der Waals surface area contributed by atoms with Gasteiger partial charge in [0.15, 0.2) is 0 Å². The van der Waals surface area contributed by atoms with Crippen LogP contribution in [-0.2, 0) is 0 Å². The fourth-order valence-electron chi connectivity index (χ4n) is 0.878. The zero-order valence-corrected chi connectivity index (χ0v) is 9.17. The summed E-state index contributed by atoms with van der Waals surface area (Å²) in [6.45, 7) is 4.17. The Balaban J connectivity index is 2.82. The first kappa shape index (κ1) is 9.64. The van der Waals surface area contributed by atoms with Crippen LogP contribution < -0.4 is 10.2 Å². The Morgan fingerprint density at radius 3 is 3.00 bits per heavy atom. The molecule has 62 valence electrons. The SMILES string of the molecule is Bc1ccc(I)cc1OCC=C. The lowest BCUT2D eigenvalue weighted by Gasteiger charge is -2.06. The van der Waals surface area contributed by atoms with E-state index in [1.807, 2.05) is 13.9 Å². The minimum Gasteiger partial charge on any atom is -0.490 e. The van der Waals surface area contributed by atoms with Crippen molar-refractivity contribution >= 4 is 35.9 Å². The average molecular weight is 272 g/mol. The van der Waals surface area contributed by atoms with Crippen LogP contribution in [0, 0.1) is 3.57 Å². The van der Waals surface area contributed by atoms with E-state index in [-0.39, 0.29) is 0 Å². The Labute approximate surface area is 87.4 Å². The normalized spacial score (nSPS) is 9.42. The molecular weight excluding hydrogens is 262 g/mol. The molecule has 0 heterocycles. The molecule has 0 saturated carbocycles. The van der Waals surface area contributed by atoms with Gasteiger partial charge in [0.2, 0.25) is 0 Å². The molecule has 0 bridgehead atoms. The monoisotopic (exact) mass is 272 g/mol. The average Bonchev–Trinajstić information content (AvgIpc) is 2.07. The maximum absolute atomic E-state index is 5.44. The summed E-state index contributed by atoms with van der Waals surface area (Å²) in [7, 11) is 2.04. The highest BCUT2D eigenvalue weighted by Gasteiger charge is 1.97. The number of hydrogen-bond donors (Lipinski definition) is 0. The Morgan fingerprint density at radius 1 is 1.58 bits per heavy atom. The molecule has 1 rings (SSSR count). The van der Waals surface area contributed by atoms with Crippen LogP contribution in [0.3, 0.4) is 0 Å². The van der Waals surface area contributed by atoms with Crippen LogP contribution in [0.1, 0.15) is 0 Å². The fourth-order valence-corrected chi connectivity index (χ4v) is 1.34. The first-order valence-electron chi connectivity index (χ1n) is 3.74. The molecule has 0 amide bonds. The predicted molar refractivity (Wildman–Crippen MR) is 63.0 cm³/mol. The molecular formula is C9H10BIO. The Bertz CT molecular complexity index is 286. The second-order valence-electron chi connectivity index (χ2n) is 2.51. The lowest BCUT2D eigenvalue weighted by Crippen LogP contribution is -2.09. The van der Waals surface area contributed by atoms with Crippen LogP contribution in [0.25, 0.3) is 0 Å². The Kier molecular flexibility index (Phi) is 3.65. The topological polar surface area (TPSA) is 9.23 Å². The highest BCUT2D eigenvalue weighted by Crippen LogP contribution is 2.11. The van der Waals surface area contributed by atoms with Crippen molar-refractivity contribution in [1.82, 2.24) is 0 Å². The van der Waals surface area contributed by atoms with E-state index >= 15 is 0 Å². The molecule has 0 radical (unpaired) electrons. The molecule has 12 heavy (non-hydrogen) atoms. The first-order valence-corrected chi connectivity index (χ1v) is 4.82. The molecule has 1 aromatic rings. The molecule has 0 unspecified atom stereocenters. The van der Waals surface area contributed by atoms with Crippen molar-refractivity contribution in [1.29, 1.82) is 0 Å². The summed E-state index contributed by atoms with van der Waals surface area (Å²) in [6, 6.07) is 6.15. The van der Waals surface area contributed by atoms with E-state index in [0.29, 0.717) is 6.61 Å². The van der Waals surface area contributed by atoms with Crippen LogP contribution in [0.4, 0.5) is 0 Å². The quantitative estimate of drug-likeness (QED) is 0.455. The summed E-state index contributed by atoms with van der Waals surface area (Å²) in [6.07, 6.45) is 1.75. The molecule has 0 fully saturated rings. The zero-order valence-electron chi connectivity index (χ0n) is 7.01. The first-order chi connectivity index (χ1) is 5.74. The van der Waals surface area contributed by atoms with Gasteiger partial charge in [-0.2, -0.15) is 0 Å². The van der Waals surface area contributed by atoms with Crippen LogP contribution >= 0.6 is 22.6 Å². The summed E-state index contributed by atoms with van der Waals surface area (Å²) in [5, 5.41) is 0. The van der Waals surface area contributed by atoms with E-state index in [9.17, 15) is 0 Å². The molecule has 0 N–H and O–H groups in total. The number of benzene rings is 1. The van der Waals surface area contributed by atoms with Gasteiger partial charge < -0.3 is 4.74 Å². The number of rotatable bonds is 3. The van der Waals surface area contributed by atoms with Crippen molar-refractivity contribution in [2.24, 2.45) is 0 Å².